The van der Waals surface area contributed by atoms with E-state index in [0.717, 1.165) is 12.1 Å². The second kappa shape index (κ2) is 6.33. The van der Waals surface area contributed by atoms with Crippen LogP contribution in [0.3, 0.4) is 0 Å². The van der Waals surface area contributed by atoms with Crippen LogP contribution in [0.15, 0.2) is 12.1 Å². The number of methoxy groups -OCH3 is 1. The van der Waals surface area contributed by atoms with Crippen molar-refractivity contribution in [3.8, 4) is 5.75 Å². The van der Waals surface area contributed by atoms with Gasteiger partial charge in [0.2, 0.25) is 0 Å². The smallest absolute Gasteiger partial charge is 0.354 e. The molecule has 5 heteroatoms. The topological polar surface area (TPSA) is 59.4 Å². The molecule has 0 atom stereocenters. The Labute approximate surface area is 101 Å². The Hall–Kier alpha value is -1.29. The van der Waals surface area contributed by atoms with Crippen molar-refractivity contribution in [2.75, 3.05) is 7.11 Å². The van der Waals surface area contributed by atoms with Crippen molar-refractivity contribution in [2.45, 2.75) is 20.3 Å². The number of hydrogen-bond donors (Lipinski definition) is 1. The lowest BCUT2D eigenvalue weighted by Crippen LogP contribution is -2.06. The molecule has 16 heavy (non-hydrogen) atoms. The fourth-order valence-electron chi connectivity index (χ4n) is 1.31. The second-order valence-corrected chi connectivity index (χ2v) is 3.79. The van der Waals surface area contributed by atoms with E-state index in [1.54, 1.807) is 6.07 Å². The average molecular weight is 246 g/mol. The van der Waals surface area contributed by atoms with Crippen molar-refractivity contribution in [2.24, 2.45) is 5.92 Å². The molecule has 0 spiro atoms. The number of hydrogen-bond acceptors (Lipinski definition) is 3. The summed E-state index contributed by atoms with van der Waals surface area (Å²) < 4.78 is 5.02. The second-order valence-electron chi connectivity index (χ2n) is 3.79. The molecule has 0 bridgehead atoms. The van der Waals surface area contributed by atoms with Crippen LogP contribution in [0.5, 0.6) is 5.75 Å². The van der Waals surface area contributed by atoms with Gasteiger partial charge in [0.05, 0.1) is 7.11 Å². The number of rotatable bonds is 4. The zero-order chi connectivity index (χ0) is 11.4. The number of carboxylic acid groups (broad SMARTS) is 1. The van der Waals surface area contributed by atoms with Gasteiger partial charge in [-0.15, -0.1) is 12.4 Å². The Morgan fingerprint density at radius 3 is 2.56 bits per heavy atom. The minimum atomic E-state index is -1.03. The fraction of sp³-hybridized carbons (Fsp3) is 0.455. The molecule has 1 aromatic rings. The van der Waals surface area contributed by atoms with E-state index < -0.39 is 5.97 Å². The zero-order valence-electron chi connectivity index (χ0n) is 9.56. The number of aromatic nitrogens is 1. The van der Waals surface area contributed by atoms with Gasteiger partial charge in [-0.2, -0.15) is 0 Å². The molecular weight excluding hydrogens is 230 g/mol. The van der Waals surface area contributed by atoms with Crippen LogP contribution in [0, 0.1) is 5.92 Å². The Balaban J connectivity index is 0.00000225. The van der Waals surface area contributed by atoms with E-state index in [0.29, 0.717) is 11.7 Å². The summed E-state index contributed by atoms with van der Waals surface area (Å²) in [6, 6.07) is 3.19. The van der Waals surface area contributed by atoms with Crippen LogP contribution in [0.2, 0.25) is 0 Å². The quantitative estimate of drug-likeness (QED) is 0.885. The SMILES string of the molecule is COc1cc(CC(C)C)nc(C(=O)O)c1.Cl. The van der Waals surface area contributed by atoms with Crippen molar-refractivity contribution in [3.05, 3.63) is 23.5 Å². The maximum absolute atomic E-state index is 10.8. The lowest BCUT2D eigenvalue weighted by atomic mass is 10.1. The zero-order valence-corrected chi connectivity index (χ0v) is 10.4. The highest BCUT2D eigenvalue weighted by atomic mass is 35.5. The number of halogens is 1. The van der Waals surface area contributed by atoms with Crippen LogP contribution in [-0.4, -0.2) is 23.2 Å². The van der Waals surface area contributed by atoms with E-state index in [9.17, 15) is 4.79 Å². The maximum Gasteiger partial charge on any atom is 0.354 e. The molecule has 0 aromatic carbocycles. The summed E-state index contributed by atoms with van der Waals surface area (Å²) in [6.07, 6.45) is 0.747. The molecular formula is C11H16ClNO3. The summed E-state index contributed by atoms with van der Waals surface area (Å²) in [4.78, 5) is 14.8. The van der Waals surface area contributed by atoms with E-state index in [2.05, 4.69) is 18.8 Å². The monoisotopic (exact) mass is 245 g/mol. The Morgan fingerprint density at radius 1 is 1.50 bits per heavy atom. The first-order valence-corrected chi connectivity index (χ1v) is 4.81. The molecule has 1 rings (SSSR count). The number of nitrogens with zero attached hydrogens (tertiary/aromatic N) is 1. The van der Waals surface area contributed by atoms with Gasteiger partial charge in [-0.3, -0.25) is 0 Å². The molecule has 4 nitrogen and oxygen atoms in total. The van der Waals surface area contributed by atoms with Crippen LogP contribution in [-0.2, 0) is 6.42 Å². The first kappa shape index (κ1) is 14.7. The van der Waals surface area contributed by atoms with E-state index in [1.807, 2.05) is 0 Å². The summed E-state index contributed by atoms with van der Waals surface area (Å²) in [5.74, 6) is -0.0526. The number of carbonyl (C=O) groups is 1. The summed E-state index contributed by atoms with van der Waals surface area (Å²) in [6.45, 7) is 4.11. The van der Waals surface area contributed by atoms with Crippen molar-refractivity contribution < 1.29 is 14.6 Å². The van der Waals surface area contributed by atoms with E-state index in [-0.39, 0.29) is 18.1 Å². The number of carboxylic acids is 1. The highest BCUT2D eigenvalue weighted by Gasteiger charge is 2.10. The molecule has 0 aliphatic rings. The van der Waals surface area contributed by atoms with Crippen molar-refractivity contribution in [1.29, 1.82) is 0 Å². The molecule has 90 valence electrons. The van der Waals surface area contributed by atoms with E-state index >= 15 is 0 Å². The summed E-state index contributed by atoms with van der Waals surface area (Å²) in [5, 5.41) is 8.85. The molecule has 0 aliphatic heterocycles. The van der Waals surface area contributed by atoms with Gasteiger partial charge in [0.1, 0.15) is 5.75 Å². The summed E-state index contributed by atoms with van der Waals surface area (Å²) in [7, 11) is 1.51. The van der Waals surface area contributed by atoms with E-state index in [1.165, 1.54) is 13.2 Å². The van der Waals surface area contributed by atoms with Gasteiger partial charge in [-0.1, -0.05) is 13.8 Å². The predicted octanol–water partition coefficient (Wildman–Crippen LogP) is 2.41. The van der Waals surface area contributed by atoms with Crippen LogP contribution in [0.1, 0.15) is 30.0 Å². The van der Waals surface area contributed by atoms with E-state index in [4.69, 9.17) is 9.84 Å². The van der Waals surface area contributed by atoms with Crippen molar-refractivity contribution in [1.82, 2.24) is 4.98 Å². The molecule has 1 N–H and O–H groups in total. The highest BCUT2D eigenvalue weighted by Crippen LogP contribution is 2.16. The molecule has 0 unspecified atom stereocenters. The third kappa shape index (κ3) is 4.06. The van der Waals surface area contributed by atoms with Crippen LogP contribution >= 0.6 is 12.4 Å². The summed E-state index contributed by atoms with van der Waals surface area (Å²) in [5.41, 5.74) is 0.784. The lowest BCUT2D eigenvalue weighted by Gasteiger charge is -2.07. The predicted molar refractivity (Wildman–Crippen MR) is 63.5 cm³/mol. The third-order valence-corrected chi connectivity index (χ3v) is 1.92. The minimum absolute atomic E-state index is 0. The first-order valence-electron chi connectivity index (χ1n) is 4.81. The third-order valence-electron chi connectivity index (χ3n) is 1.92. The fourth-order valence-corrected chi connectivity index (χ4v) is 1.31. The maximum atomic E-state index is 10.8. The highest BCUT2D eigenvalue weighted by molar-refractivity contribution is 5.86. The van der Waals surface area contributed by atoms with Gasteiger partial charge < -0.3 is 9.84 Å². The largest absolute Gasteiger partial charge is 0.497 e. The molecule has 1 aromatic heterocycles. The number of ether oxygens (including phenoxy) is 1. The van der Waals surface area contributed by atoms with Crippen LogP contribution in [0.4, 0.5) is 0 Å². The van der Waals surface area contributed by atoms with Crippen molar-refractivity contribution in [3.63, 3.8) is 0 Å². The van der Waals surface area contributed by atoms with Gasteiger partial charge >= 0.3 is 5.97 Å². The molecule has 0 fully saturated rings. The molecule has 0 radical (unpaired) electrons. The minimum Gasteiger partial charge on any atom is -0.497 e. The number of aromatic carboxylic acids is 1. The Kier molecular flexibility index (Phi) is 5.82. The van der Waals surface area contributed by atoms with Gasteiger partial charge in [0.25, 0.3) is 0 Å². The Bertz CT molecular complexity index is 366. The molecule has 1 heterocycles. The van der Waals surface area contributed by atoms with Gasteiger partial charge in [-0.25, -0.2) is 9.78 Å². The van der Waals surface area contributed by atoms with Crippen LogP contribution < -0.4 is 4.74 Å². The lowest BCUT2D eigenvalue weighted by molar-refractivity contribution is 0.0689. The van der Waals surface area contributed by atoms with Gasteiger partial charge in [0.15, 0.2) is 5.69 Å². The standard InChI is InChI=1S/C11H15NO3.ClH/c1-7(2)4-8-5-9(15-3)6-10(12-8)11(13)14;/h5-7H,4H2,1-3H3,(H,13,14);1H. The molecule has 0 saturated carbocycles. The number of pyridine rings is 1. The Morgan fingerprint density at radius 2 is 2.12 bits per heavy atom. The van der Waals surface area contributed by atoms with Gasteiger partial charge in [-0.05, 0) is 12.3 Å². The normalized spacial score (nSPS) is 9.75. The van der Waals surface area contributed by atoms with Crippen molar-refractivity contribution >= 4 is 18.4 Å². The van der Waals surface area contributed by atoms with Gasteiger partial charge in [0, 0.05) is 17.8 Å². The molecule has 0 amide bonds. The molecule has 0 aliphatic carbocycles. The summed E-state index contributed by atoms with van der Waals surface area (Å²) >= 11 is 0. The average Bonchev–Trinajstić information content (AvgIpc) is 2.16. The molecule has 0 saturated heterocycles. The van der Waals surface area contributed by atoms with Crippen LogP contribution in [0.25, 0.3) is 0 Å². The first-order chi connectivity index (χ1) is 7.02.